The maximum Gasteiger partial charge on any atom is 0.373 e. The van der Waals surface area contributed by atoms with Gasteiger partial charge in [-0.2, -0.15) is 0 Å². The lowest BCUT2D eigenvalue weighted by Gasteiger charge is -2.00. The van der Waals surface area contributed by atoms with Crippen LogP contribution in [0.1, 0.15) is 10.6 Å². The molecule has 0 aliphatic rings. The van der Waals surface area contributed by atoms with E-state index in [4.69, 9.17) is 4.42 Å². The molecule has 0 N–H and O–H groups in total. The minimum absolute atomic E-state index is 0.0847. The first-order chi connectivity index (χ1) is 5.95. The number of carbonyl (C=O) groups is 1. The topological polar surface area (TPSA) is 56.5 Å². The van der Waals surface area contributed by atoms with E-state index in [1.165, 1.54) is 19.2 Å². The zero-order valence-corrected chi connectivity index (χ0v) is 8.63. The summed E-state index contributed by atoms with van der Waals surface area (Å²) in [7, 11) is -1.16. The molecule has 1 rings (SSSR count). The van der Waals surface area contributed by atoms with Crippen LogP contribution < -0.4 is 5.50 Å². The van der Waals surface area contributed by atoms with Crippen molar-refractivity contribution < 1.29 is 18.5 Å². The average molecular weight is 202 g/mol. The largest absolute Gasteiger partial charge is 0.463 e. The van der Waals surface area contributed by atoms with Gasteiger partial charge in [0.05, 0.1) is 7.11 Å². The molecule has 4 nitrogen and oxygen atoms in total. The fourth-order valence-electron chi connectivity index (χ4n) is 0.827. The Bertz CT molecular complexity index is 360. The SMILES string of the molecule is COC(=O)c1ccc(P(C)(C)=O)o1. The highest BCUT2D eigenvalue weighted by molar-refractivity contribution is 7.69. The van der Waals surface area contributed by atoms with Crippen molar-refractivity contribution in [2.45, 2.75) is 0 Å². The molecule has 1 aromatic rings. The van der Waals surface area contributed by atoms with Crippen molar-refractivity contribution in [1.82, 2.24) is 0 Å². The minimum atomic E-state index is -2.42. The predicted octanol–water partition coefficient (Wildman–Crippen LogP) is 1.31. The van der Waals surface area contributed by atoms with Crippen LogP contribution in [0.15, 0.2) is 16.5 Å². The Hall–Kier alpha value is -1.02. The molecule has 13 heavy (non-hydrogen) atoms. The van der Waals surface area contributed by atoms with Crippen molar-refractivity contribution in [3.63, 3.8) is 0 Å². The van der Waals surface area contributed by atoms with Crippen LogP contribution in [0.25, 0.3) is 0 Å². The zero-order valence-electron chi connectivity index (χ0n) is 7.73. The van der Waals surface area contributed by atoms with E-state index in [-0.39, 0.29) is 5.76 Å². The monoisotopic (exact) mass is 202 g/mol. The molecule has 0 saturated heterocycles. The molecular weight excluding hydrogens is 191 g/mol. The van der Waals surface area contributed by atoms with Crippen LogP contribution in [0, 0.1) is 0 Å². The van der Waals surface area contributed by atoms with E-state index in [1.807, 2.05) is 0 Å². The minimum Gasteiger partial charge on any atom is -0.463 e. The van der Waals surface area contributed by atoms with Crippen LogP contribution in [0.2, 0.25) is 0 Å². The smallest absolute Gasteiger partial charge is 0.373 e. The molecule has 0 spiro atoms. The Kier molecular flexibility index (Phi) is 2.62. The van der Waals surface area contributed by atoms with Gasteiger partial charge in [-0.25, -0.2) is 4.79 Å². The normalized spacial score (nSPS) is 11.3. The summed E-state index contributed by atoms with van der Waals surface area (Å²) in [6.07, 6.45) is 0. The summed E-state index contributed by atoms with van der Waals surface area (Å²) in [5, 5.41) is 0. The Morgan fingerprint density at radius 3 is 2.46 bits per heavy atom. The average Bonchev–Trinajstić information content (AvgIpc) is 2.50. The molecule has 0 atom stereocenters. The van der Waals surface area contributed by atoms with E-state index in [1.54, 1.807) is 13.3 Å². The maximum absolute atomic E-state index is 11.5. The number of hydrogen-bond donors (Lipinski definition) is 0. The van der Waals surface area contributed by atoms with Gasteiger partial charge in [-0.3, -0.25) is 0 Å². The fourth-order valence-corrected chi connectivity index (χ4v) is 1.58. The van der Waals surface area contributed by atoms with Crippen LogP contribution in [-0.2, 0) is 9.30 Å². The van der Waals surface area contributed by atoms with Crippen molar-refractivity contribution in [2.75, 3.05) is 20.4 Å². The summed E-state index contributed by atoms with van der Waals surface area (Å²) in [6, 6.07) is 2.99. The molecule has 0 saturated carbocycles. The summed E-state index contributed by atoms with van der Waals surface area (Å²) < 4.78 is 21.0. The highest BCUT2D eigenvalue weighted by Gasteiger charge is 2.18. The van der Waals surface area contributed by atoms with E-state index in [0.29, 0.717) is 5.50 Å². The highest BCUT2D eigenvalue weighted by Crippen LogP contribution is 2.35. The third-order valence-electron chi connectivity index (χ3n) is 1.51. The Morgan fingerprint density at radius 2 is 2.08 bits per heavy atom. The van der Waals surface area contributed by atoms with E-state index < -0.39 is 13.1 Å². The zero-order chi connectivity index (χ0) is 10.1. The first-order valence-corrected chi connectivity index (χ1v) is 6.29. The summed E-state index contributed by atoms with van der Waals surface area (Å²) in [4.78, 5) is 10.9. The Labute approximate surface area is 76.3 Å². The number of methoxy groups -OCH3 is 1. The van der Waals surface area contributed by atoms with E-state index in [9.17, 15) is 9.36 Å². The van der Waals surface area contributed by atoms with Crippen LogP contribution in [0.5, 0.6) is 0 Å². The molecule has 1 aromatic heterocycles. The number of esters is 1. The maximum atomic E-state index is 11.5. The standard InChI is InChI=1S/C8H11O4P/c1-11-8(9)6-4-5-7(12-6)13(2,3)10/h4-5H,1-3H3. The molecule has 0 fully saturated rings. The van der Waals surface area contributed by atoms with Gasteiger partial charge in [0.15, 0.2) is 5.50 Å². The number of furan rings is 1. The van der Waals surface area contributed by atoms with Gasteiger partial charge in [0.2, 0.25) is 5.76 Å². The van der Waals surface area contributed by atoms with Gasteiger partial charge in [0.1, 0.15) is 7.14 Å². The van der Waals surface area contributed by atoms with Gasteiger partial charge in [-0.05, 0) is 25.5 Å². The van der Waals surface area contributed by atoms with Crippen molar-refractivity contribution >= 4 is 18.6 Å². The lowest BCUT2D eigenvalue weighted by Crippen LogP contribution is -2.01. The summed E-state index contributed by atoms with van der Waals surface area (Å²) in [5.41, 5.74) is 0.341. The third kappa shape index (κ3) is 2.22. The predicted molar refractivity (Wildman–Crippen MR) is 49.1 cm³/mol. The van der Waals surface area contributed by atoms with Crippen LogP contribution >= 0.6 is 7.14 Å². The van der Waals surface area contributed by atoms with Crippen LogP contribution in [-0.4, -0.2) is 26.4 Å². The van der Waals surface area contributed by atoms with Gasteiger partial charge in [0.25, 0.3) is 0 Å². The molecule has 0 radical (unpaired) electrons. The van der Waals surface area contributed by atoms with Gasteiger partial charge >= 0.3 is 5.97 Å². The number of ether oxygens (including phenoxy) is 1. The van der Waals surface area contributed by atoms with Gasteiger partial charge < -0.3 is 13.7 Å². The van der Waals surface area contributed by atoms with Crippen molar-refractivity contribution in [2.24, 2.45) is 0 Å². The molecule has 5 heteroatoms. The third-order valence-corrected chi connectivity index (χ3v) is 2.81. The lowest BCUT2D eigenvalue weighted by molar-refractivity contribution is 0.0567. The molecule has 0 aromatic carbocycles. The second kappa shape index (κ2) is 3.38. The molecule has 0 aliphatic heterocycles. The first kappa shape index (κ1) is 10.1. The Morgan fingerprint density at radius 1 is 1.46 bits per heavy atom. The van der Waals surface area contributed by atoms with E-state index in [2.05, 4.69) is 4.74 Å². The van der Waals surface area contributed by atoms with Gasteiger partial charge in [0, 0.05) is 0 Å². The molecule has 72 valence electrons. The lowest BCUT2D eigenvalue weighted by atomic mass is 10.5. The fraction of sp³-hybridized carbons (Fsp3) is 0.375. The molecular formula is C8H11O4P. The quantitative estimate of drug-likeness (QED) is 0.536. The van der Waals surface area contributed by atoms with Gasteiger partial charge in [-0.1, -0.05) is 0 Å². The Balaban J connectivity index is 3.00. The molecule has 0 unspecified atom stereocenters. The van der Waals surface area contributed by atoms with Crippen molar-refractivity contribution in [3.05, 3.63) is 17.9 Å². The van der Waals surface area contributed by atoms with E-state index in [0.717, 1.165) is 0 Å². The van der Waals surface area contributed by atoms with Crippen LogP contribution in [0.3, 0.4) is 0 Å². The second-order valence-electron chi connectivity index (χ2n) is 2.98. The molecule has 0 amide bonds. The second-order valence-corrected chi connectivity index (χ2v) is 6.12. The molecule has 0 bridgehead atoms. The summed E-state index contributed by atoms with van der Waals surface area (Å²) in [5.74, 6) is -0.471. The number of hydrogen-bond acceptors (Lipinski definition) is 4. The molecule has 1 heterocycles. The van der Waals surface area contributed by atoms with Crippen LogP contribution in [0.4, 0.5) is 0 Å². The highest BCUT2D eigenvalue weighted by atomic mass is 31.2. The van der Waals surface area contributed by atoms with Gasteiger partial charge in [-0.15, -0.1) is 0 Å². The number of carbonyl (C=O) groups excluding carboxylic acids is 1. The van der Waals surface area contributed by atoms with Crippen molar-refractivity contribution in [3.8, 4) is 0 Å². The molecule has 0 aliphatic carbocycles. The summed E-state index contributed by atoms with van der Waals surface area (Å²) in [6.45, 7) is 3.15. The number of rotatable bonds is 2. The summed E-state index contributed by atoms with van der Waals surface area (Å²) >= 11 is 0. The van der Waals surface area contributed by atoms with E-state index >= 15 is 0 Å². The first-order valence-electron chi connectivity index (χ1n) is 3.69. The van der Waals surface area contributed by atoms with Crippen molar-refractivity contribution in [1.29, 1.82) is 0 Å².